The number of aliphatic hydroxyl groups is 1. The van der Waals surface area contributed by atoms with Gasteiger partial charge in [0.15, 0.2) is 0 Å². The number of amides is 1. The molecule has 1 aromatic heterocycles. The minimum Gasteiger partial charge on any atom is -0.392 e. The predicted octanol–water partition coefficient (Wildman–Crippen LogP) is 2.83. The summed E-state index contributed by atoms with van der Waals surface area (Å²) in [4.78, 5) is 14.7. The Morgan fingerprint density at radius 1 is 1.17 bits per heavy atom. The van der Waals surface area contributed by atoms with Crippen molar-refractivity contribution in [2.75, 3.05) is 6.54 Å². The fourth-order valence-corrected chi connectivity index (χ4v) is 3.17. The summed E-state index contributed by atoms with van der Waals surface area (Å²) in [5.41, 5.74) is 2.24. The Labute approximate surface area is 137 Å². The molecule has 1 N–H and O–H groups in total. The number of hydrogen-bond acceptors (Lipinski definition) is 2. The third kappa shape index (κ3) is 3.17. The molecule has 0 radical (unpaired) electrons. The summed E-state index contributed by atoms with van der Waals surface area (Å²) in [6, 6.07) is 14.1. The first-order valence-corrected chi connectivity index (χ1v) is 8.25. The largest absolute Gasteiger partial charge is 0.392 e. The first-order valence-electron chi connectivity index (χ1n) is 8.25. The minimum atomic E-state index is -0.590. The second-order valence-corrected chi connectivity index (χ2v) is 6.54. The van der Waals surface area contributed by atoms with E-state index in [2.05, 4.69) is 29.0 Å². The van der Waals surface area contributed by atoms with Crippen molar-refractivity contribution in [2.24, 2.45) is 5.92 Å². The van der Waals surface area contributed by atoms with Gasteiger partial charge in [0.2, 0.25) is 5.91 Å². The van der Waals surface area contributed by atoms with E-state index in [0.29, 0.717) is 6.54 Å². The van der Waals surface area contributed by atoms with Crippen LogP contribution in [0.1, 0.15) is 37.6 Å². The van der Waals surface area contributed by atoms with Gasteiger partial charge in [-0.3, -0.25) is 4.79 Å². The number of carbonyl (C=O) groups excluding carboxylic acids is 1. The summed E-state index contributed by atoms with van der Waals surface area (Å²) in [5, 5.41) is 10.1. The van der Waals surface area contributed by atoms with E-state index in [1.54, 1.807) is 0 Å². The van der Waals surface area contributed by atoms with Crippen molar-refractivity contribution in [3.8, 4) is 0 Å². The van der Waals surface area contributed by atoms with Crippen molar-refractivity contribution in [3.05, 3.63) is 59.9 Å². The highest BCUT2D eigenvalue weighted by Crippen LogP contribution is 2.33. The SMILES string of the molecule is CC(C)C(O)CC(=O)N1CCn2cccc2C1c1ccccc1. The molecule has 1 aliphatic rings. The molecule has 2 aromatic rings. The molecule has 3 rings (SSSR count). The smallest absolute Gasteiger partial charge is 0.226 e. The summed E-state index contributed by atoms with van der Waals surface area (Å²) < 4.78 is 2.21. The standard InChI is InChI=1S/C19H24N2O2/c1-14(2)17(22)13-18(23)21-12-11-20-10-6-9-16(20)19(21)15-7-4-3-5-8-15/h3-10,14,17,19,22H,11-13H2,1-2H3. The van der Waals surface area contributed by atoms with Crippen LogP contribution in [0.4, 0.5) is 0 Å². The molecule has 0 spiro atoms. The monoisotopic (exact) mass is 312 g/mol. The van der Waals surface area contributed by atoms with Crippen LogP contribution in [0.15, 0.2) is 48.7 Å². The molecule has 1 amide bonds. The zero-order chi connectivity index (χ0) is 16.4. The average Bonchev–Trinajstić information content (AvgIpc) is 3.03. The maximum atomic E-state index is 12.8. The number of fused-ring (bicyclic) bond motifs is 1. The maximum Gasteiger partial charge on any atom is 0.226 e. The van der Waals surface area contributed by atoms with E-state index in [-0.39, 0.29) is 24.3 Å². The van der Waals surface area contributed by atoms with Gasteiger partial charge in [-0.15, -0.1) is 0 Å². The highest BCUT2D eigenvalue weighted by atomic mass is 16.3. The number of benzene rings is 1. The van der Waals surface area contributed by atoms with E-state index in [1.165, 1.54) is 0 Å². The predicted molar refractivity (Wildman–Crippen MR) is 89.9 cm³/mol. The van der Waals surface area contributed by atoms with E-state index in [4.69, 9.17) is 0 Å². The molecule has 0 aliphatic carbocycles. The van der Waals surface area contributed by atoms with Crippen molar-refractivity contribution in [2.45, 2.75) is 39.0 Å². The third-order valence-electron chi connectivity index (χ3n) is 4.63. The highest BCUT2D eigenvalue weighted by molar-refractivity contribution is 5.78. The second kappa shape index (κ2) is 6.59. The number of nitrogens with zero attached hydrogens (tertiary/aromatic N) is 2. The van der Waals surface area contributed by atoms with Crippen LogP contribution >= 0.6 is 0 Å². The Bertz CT molecular complexity index is 663. The molecule has 2 heterocycles. The Balaban J connectivity index is 1.91. The quantitative estimate of drug-likeness (QED) is 0.943. The lowest BCUT2D eigenvalue weighted by Gasteiger charge is -2.38. The molecular formula is C19H24N2O2. The molecule has 2 unspecified atom stereocenters. The number of aromatic nitrogens is 1. The van der Waals surface area contributed by atoms with Crippen LogP contribution in [0, 0.1) is 5.92 Å². The lowest BCUT2D eigenvalue weighted by atomic mass is 9.98. The second-order valence-electron chi connectivity index (χ2n) is 6.54. The summed E-state index contributed by atoms with van der Waals surface area (Å²) >= 11 is 0. The molecule has 4 heteroatoms. The Hall–Kier alpha value is -2.07. The van der Waals surface area contributed by atoms with Crippen LogP contribution in [0.3, 0.4) is 0 Å². The van der Waals surface area contributed by atoms with Gasteiger partial charge in [0, 0.05) is 25.0 Å². The van der Waals surface area contributed by atoms with Gasteiger partial charge in [0.05, 0.1) is 18.6 Å². The molecule has 0 saturated carbocycles. The third-order valence-corrected chi connectivity index (χ3v) is 4.63. The molecule has 0 saturated heterocycles. The van der Waals surface area contributed by atoms with Crippen molar-refractivity contribution < 1.29 is 9.90 Å². The maximum absolute atomic E-state index is 12.8. The van der Waals surface area contributed by atoms with Crippen LogP contribution in [0.25, 0.3) is 0 Å². The topological polar surface area (TPSA) is 45.5 Å². The molecule has 2 atom stereocenters. The van der Waals surface area contributed by atoms with E-state index in [9.17, 15) is 9.90 Å². The van der Waals surface area contributed by atoms with Gasteiger partial charge in [-0.1, -0.05) is 44.2 Å². The molecule has 1 aliphatic heterocycles. The van der Waals surface area contributed by atoms with Gasteiger partial charge in [0.1, 0.15) is 0 Å². The molecule has 0 fully saturated rings. The fourth-order valence-electron chi connectivity index (χ4n) is 3.17. The van der Waals surface area contributed by atoms with Gasteiger partial charge in [-0.2, -0.15) is 0 Å². The Morgan fingerprint density at radius 3 is 2.61 bits per heavy atom. The summed E-state index contributed by atoms with van der Waals surface area (Å²) in [6.07, 6.45) is 1.66. The minimum absolute atomic E-state index is 0.0208. The zero-order valence-electron chi connectivity index (χ0n) is 13.7. The first-order chi connectivity index (χ1) is 11.1. The molecule has 122 valence electrons. The number of rotatable bonds is 4. The van der Waals surface area contributed by atoms with E-state index in [0.717, 1.165) is 17.8 Å². The highest BCUT2D eigenvalue weighted by Gasteiger charge is 2.32. The fraction of sp³-hybridized carbons (Fsp3) is 0.421. The average molecular weight is 312 g/mol. The molecular weight excluding hydrogens is 288 g/mol. The molecule has 4 nitrogen and oxygen atoms in total. The number of carbonyl (C=O) groups is 1. The van der Waals surface area contributed by atoms with Crippen molar-refractivity contribution in [1.29, 1.82) is 0 Å². The van der Waals surface area contributed by atoms with Gasteiger partial charge in [-0.05, 0) is 23.6 Å². The van der Waals surface area contributed by atoms with Crippen LogP contribution in [0.2, 0.25) is 0 Å². The van der Waals surface area contributed by atoms with E-state index < -0.39 is 6.10 Å². The lowest BCUT2D eigenvalue weighted by molar-refractivity contribution is -0.136. The van der Waals surface area contributed by atoms with Gasteiger partial charge >= 0.3 is 0 Å². The van der Waals surface area contributed by atoms with Crippen LogP contribution in [0.5, 0.6) is 0 Å². The normalized spacial score (nSPS) is 18.8. The summed E-state index contributed by atoms with van der Waals surface area (Å²) in [6.45, 7) is 5.35. The van der Waals surface area contributed by atoms with Crippen molar-refractivity contribution in [3.63, 3.8) is 0 Å². The van der Waals surface area contributed by atoms with Crippen molar-refractivity contribution >= 4 is 5.91 Å². The van der Waals surface area contributed by atoms with Gasteiger partial charge < -0.3 is 14.6 Å². The van der Waals surface area contributed by atoms with Crippen molar-refractivity contribution in [1.82, 2.24) is 9.47 Å². The van der Waals surface area contributed by atoms with Crippen LogP contribution in [-0.2, 0) is 11.3 Å². The zero-order valence-corrected chi connectivity index (χ0v) is 13.7. The van der Waals surface area contributed by atoms with Crippen LogP contribution < -0.4 is 0 Å². The van der Waals surface area contributed by atoms with Gasteiger partial charge in [0.25, 0.3) is 0 Å². The lowest BCUT2D eigenvalue weighted by Crippen LogP contribution is -2.43. The number of hydrogen-bond donors (Lipinski definition) is 1. The van der Waals surface area contributed by atoms with E-state index >= 15 is 0 Å². The Morgan fingerprint density at radius 2 is 1.91 bits per heavy atom. The molecule has 0 bridgehead atoms. The molecule has 1 aromatic carbocycles. The first kappa shape index (κ1) is 15.8. The van der Waals surface area contributed by atoms with Gasteiger partial charge in [-0.25, -0.2) is 0 Å². The van der Waals surface area contributed by atoms with E-state index in [1.807, 2.05) is 43.0 Å². The Kier molecular flexibility index (Phi) is 4.53. The van der Waals surface area contributed by atoms with Crippen LogP contribution in [-0.4, -0.2) is 33.1 Å². The summed E-state index contributed by atoms with van der Waals surface area (Å²) in [7, 11) is 0. The molecule has 23 heavy (non-hydrogen) atoms. The summed E-state index contributed by atoms with van der Waals surface area (Å²) in [5.74, 6) is 0.107. The number of aliphatic hydroxyl groups excluding tert-OH is 1.